The van der Waals surface area contributed by atoms with Gasteiger partial charge < -0.3 is 5.32 Å². The van der Waals surface area contributed by atoms with E-state index >= 15 is 0 Å². The summed E-state index contributed by atoms with van der Waals surface area (Å²) in [4.78, 5) is 28.4. The molecule has 2 aromatic heterocycles. The van der Waals surface area contributed by atoms with Gasteiger partial charge in [-0.2, -0.15) is 0 Å². The third-order valence-corrected chi connectivity index (χ3v) is 5.65. The Morgan fingerprint density at radius 3 is 2.72 bits per heavy atom. The highest BCUT2D eigenvalue weighted by Crippen LogP contribution is 2.14. The van der Waals surface area contributed by atoms with E-state index in [-0.39, 0.29) is 11.3 Å². The Kier molecular flexibility index (Phi) is 4.89. The number of nitrogens with one attached hydrogen (secondary N) is 1. The molecule has 1 N–H and O–H groups in total. The van der Waals surface area contributed by atoms with Crippen molar-refractivity contribution in [3.63, 3.8) is 0 Å². The molecule has 0 atom stereocenters. The van der Waals surface area contributed by atoms with Crippen LogP contribution in [0.3, 0.4) is 0 Å². The summed E-state index contributed by atoms with van der Waals surface area (Å²) < 4.78 is 25.8. The lowest BCUT2D eigenvalue weighted by Crippen LogP contribution is -2.25. The SMILES string of the molecule is O=C(CS(=O)(=O)Cc1cc(=O)n2ccsc2n1)Nc1ccc(Cl)cc1. The van der Waals surface area contributed by atoms with Gasteiger partial charge in [0.05, 0.1) is 11.4 Å². The first-order valence-electron chi connectivity index (χ1n) is 7.04. The molecular weight excluding hydrogens is 386 g/mol. The second-order valence-corrected chi connectivity index (χ2v) is 8.60. The number of nitrogens with zero attached hydrogens (tertiary/aromatic N) is 2. The van der Waals surface area contributed by atoms with E-state index in [0.717, 1.165) is 6.07 Å². The Labute approximate surface area is 151 Å². The Morgan fingerprint density at radius 1 is 1.28 bits per heavy atom. The van der Waals surface area contributed by atoms with Crippen molar-refractivity contribution in [1.29, 1.82) is 0 Å². The van der Waals surface area contributed by atoms with Crippen molar-refractivity contribution in [3.05, 3.63) is 63.0 Å². The van der Waals surface area contributed by atoms with E-state index in [1.165, 1.54) is 15.7 Å². The van der Waals surface area contributed by atoms with Crippen LogP contribution in [-0.2, 0) is 20.4 Å². The summed E-state index contributed by atoms with van der Waals surface area (Å²) in [5.74, 6) is -1.86. The topological polar surface area (TPSA) is 97.6 Å². The molecule has 0 aliphatic rings. The monoisotopic (exact) mass is 397 g/mol. The number of fused-ring (bicyclic) bond motifs is 1. The first-order chi connectivity index (χ1) is 11.8. The molecule has 10 heteroatoms. The lowest BCUT2D eigenvalue weighted by Gasteiger charge is -2.06. The van der Waals surface area contributed by atoms with Crippen LogP contribution in [0.15, 0.2) is 46.7 Å². The minimum atomic E-state index is -3.77. The van der Waals surface area contributed by atoms with Gasteiger partial charge >= 0.3 is 0 Å². The van der Waals surface area contributed by atoms with Gasteiger partial charge in [-0.05, 0) is 24.3 Å². The van der Waals surface area contributed by atoms with Crippen LogP contribution < -0.4 is 10.9 Å². The average molecular weight is 398 g/mol. The Hall–Kier alpha value is -2.23. The highest BCUT2D eigenvalue weighted by Gasteiger charge is 2.19. The molecule has 130 valence electrons. The number of hydrogen-bond donors (Lipinski definition) is 1. The predicted molar refractivity (Wildman–Crippen MR) is 96.9 cm³/mol. The first kappa shape index (κ1) is 17.6. The molecule has 0 aliphatic heterocycles. The van der Waals surface area contributed by atoms with Crippen molar-refractivity contribution in [3.8, 4) is 0 Å². The van der Waals surface area contributed by atoms with E-state index in [2.05, 4.69) is 10.3 Å². The molecule has 7 nitrogen and oxygen atoms in total. The van der Waals surface area contributed by atoms with E-state index < -0.39 is 27.3 Å². The number of thiazole rings is 1. The van der Waals surface area contributed by atoms with E-state index in [0.29, 0.717) is 15.7 Å². The third kappa shape index (κ3) is 4.44. The molecule has 3 rings (SSSR count). The normalized spacial score (nSPS) is 11.6. The molecule has 3 aromatic rings. The number of sulfone groups is 1. The van der Waals surface area contributed by atoms with Crippen molar-refractivity contribution in [2.24, 2.45) is 0 Å². The number of aromatic nitrogens is 2. The van der Waals surface area contributed by atoms with Crippen LogP contribution in [0, 0.1) is 0 Å². The largest absolute Gasteiger partial charge is 0.325 e. The minimum Gasteiger partial charge on any atom is -0.325 e. The molecule has 0 spiro atoms. The van der Waals surface area contributed by atoms with Crippen LogP contribution in [-0.4, -0.2) is 29.5 Å². The maximum atomic E-state index is 12.2. The molecular formula is C15H12ClN3O4S2. The van der Waals surface area contributed by atoms with Crippen LogP contribution in [0.4, 0.5) is 5.69 Å². The van der Waals surface area contributed by atoms with Crippen molar-refractivity contribution >= 4 is 49.3 Å². The molecule has 0 saturated carbocycles. The van der Waals surface area contributed by atoms with Gasteiger partial charge in [-0.1, -0.05) is 11.6 Å². The van der Waals surface area contributed by atoms with Crippen LogP contribution in [0.25, 0.3) is 4.96 Å². The minimum absolute atomic E-state index is 0.117. The number of carbonyl (C=O) groups is 1. The maximum Gasteiger partial charge on any atom is 0.258 e. The van der Waals surface area contributed by atoms with Gasteiger partial charge in [0.1, 0.15) is 5.75 Å². The zero-order valence-electron chi connectivity index (χ0n) is 12.7. The molecule has 0 bridgehead atoms. The zero-order valence-corrected chi connectivity index (χ0v) is 15.1. The summed E-state index contributed by atoms with van der Waals surface area (Å²) in [7, 11) is -3.77. The smallest absolute Gasteiger partial charge is 0.258 e. The zero-order chi connectivity index (χ0) is 18.0. The second kappa shape index (κ2) is 6.95. The highest BCUT2D eigenvalue weighted by atomic mass is 35.5. The summed E-state index contributed by atoms with van der Waals surface area (Å²) in [6.45, 7) is 0. The molecule has 1 aromatic carbocycles. The highest BCUT2D eigenvalue weighted by molar-refractivity contribution is 7.91. The Morgan fingerprint density at radius 2 is 2.00 bits per heavy atom. The molecule has 1 amide bonds. The number of carbonyl (C=O) groups excluding carboxylic acids is 1. The van der Waals surface area contributed by atoms with Crippen LogP contribution >= 0.6 is 22.9 Å². The number of anilines is 1. The number of rotatable bonds is 5. The maximum absolute atomic E-state index is 12.2. The predicted octanol–water partition coefficient (Wildman–Crippen LogP) is 1.96. The van der Waals surface area contributed by atoms with Crippen LogP contribution in [0.2, 0.25) is 5.02 Å². The third-order valence-electron chi connectivity index (χ3n) is 3.20. The van der Waals surface area contributed by atoms with Gasteiger partial charge in [0.25, 0.3) is 5.56 Å². The fourth-order valence-corrected chi connectivity index (χ4v) is 4.20. The van der Waals surface area contributed by atoms with Crippen molar-refractivity contribution in [2.45, 2.75) is 5.75 Å². The lowest BCUT2D eigenvalue weighted by atomic mass is 10.3. The lowest BCUT2D eigenvalue weighted by molar-refractivity contribution is -0.113. The standard InChI is InChI=1S/C15H12ClN3O4S2/c16-10-1-3-11(4-2-10)17-13(20)9-25(22,23)8-12-7-14(21)19-5-6-24-15(19)18-12/h1-7H,8-9H2,(H,17,20). The summed E-state index contributed by atoms with van der Waals surface area (Å²) in [6, 6.07) is 7.47. The quantitative estimate of drug-likeness (QED) is 0.709. The molecule has 0 fully saturated rings. The molecule has 2 heterocycles. The van der Waals surface area contributed by atoms with Crippen molar-refractivity contribution in [2.75, 3.05) is 11.1 Å². The fraction of sp³-hybridized carbons (Fsp3) is 0.133. The van der Waals surface area contributed by atoms with Gasteiger partial charge in [0.2, 0.25) is 5.91 Å². The number of amides is 1. The number of hydrogen-bond acceptors (Lipinski definition) is 6. The van der Waals surface area contributed by atoms with Gasteiger partial charge in [-0.3, -0.25) is 14.0 Å². The van der Waals surface area contributed by atoms with Gasteiger partial charge in [0.15, 0.2) is 14.8 Å². The Bertz CT molecular complexity index is 1090. The molecule has 0 unspecified atom stereocenters. The number of benzene rings is 1. The van der Waals surface area contributed by atoms with Crippen molar-refractivity contribution < 1.29 is 13.2 Å². The second-order valence-electron chi connectivity index (χ2n) is 5.23. The summed E-state index contributed by atoms with van der Waals surface area (Å²) >= 11 is 6.97. The molecule has 0 radical (unpaired) electrons. The number of halogens is 1. The molecule has 25 heavy (non-hydrogen) atoms. The Balaban J connectivity index is 1.71. The fourth-order valence-electron chi connectivity index (χ4n) is 2.17. The van der Waals surface area contributed by atoms with Gasteiger partial charge in [0, 0.05) is 28.4 Å². The summed E-state index contributed by atoms with van der Waals surface area (Å²) in [5.41, 5.74) is 0.204. The van der Waals surface area contributed by atoms with Crippen LogP contribution in [0.1, 0.15) is 5.69 Å². The summed E-state index contributed by atoms with van der Waals surface area (Å²) in [6.07, 6.45) is 1.56. The first-order valence-corrected chi connectivity index (χ1v) is 10.1. The average Bonchev–Trinajstić information content (AvgIpc) is 2.97. The molecule has 0 saturated heterocycles. The van der Waals surface area contributed by atoms with Crippen LogP contribution in [0.5, 0.6) is 0 Å². The van der Waals surface area contributed by atoms with Crippen molar-refractivity contribution in [1.82, 2.24) is 9.38 Å². The van der Waals surface area contributed by atoms with E-state index in [1.54, 1.807) is 35.8 Å². The summed E-state index contributed by atoms with van der Waals surface area (Å²) in [5, 5.41) is 4.68. The van der Waals surface area contributed by atoms with E-state index in [4.69, 9.17) is 11.6 Å². The van der Waals surface area contributed by atoms with E-state index in [1.807, 2.05) is 0 Å². The van der Waals surface area contributed by atoms with Gasteiger partial charge in [-0.25, -0.2) is 13.4 Å². The van der Waals surface area contributed by atoms with Gasteiger partial charge in [-0.15, -0.1) is 11.3 Å². The molecule has 0 aliphatic carbocycles. The van der Waals surface area contributed by atoms with E-state index in [9.17, 15) is 18.0 Å².